The lowest BCUT2D eigenvalue weighted by atomic mass is 9.97. The Morgan fingerprint density at radius 3 is 2.67 bits per heavy atom. The Hall–Kier alpha value is -1.97. The standard InChI is InChI=1S/C17H21NO3/c1-12-4-3-5-13(2)18(12)17(19)9-7-14-6-8-15-16(10-14)21-11-20-15/h6-10,12-13H,3-5,11H2,1-2H3. The quantitative estimate of drug-likeness (QED) is 0.784. The Balaban J connectivity index is 1.71. The fourth-order valence-electron chi connectivity index (χ4n) is 3.13. The molecule has 112 valence electrons. The molecule has 3 rings (SSSR count). The minimum absolute atomic E-state index is 0.0902. The van der Waals surface area contributed by atoms with Crippen molar-refractivity contribution >= 4 is 12.0 Å². The molecule has 2 unspecified atom stereocenters. The molecular weight excluding hydrogens is 266 g/mol. The Labute approximate surface area is 125 Å². The Kier molecular flexibility index (Phi) is 3.86. The fourth-order valence-corrected chi connectivity index (χ4v) is 3.13. The Bertz CT molecular complexity index is 557. The molecule has 0 spiro atoms. The molecule has 2 heterocycles. The molecule has 2 aliphatic heterocycles. The number of piperidine rings is 1. The monoisotopic (exact) mass is 287 g/mol. The van der Waals surface area contributed by atoms with E-state index in [9.17, 15) is 4.79 Å². The van der Waals surface area contributed by atoms with Crippen LogP contribution in [0.25, 0.3) is 6.08 Å². The molecular formula is C17H21NO3. The van der Waals surface area contributed by atoms with E-state index in [1.54, 1.807) is 6.08 Å². The number of benzene rings is 1. The van der Waals surface area contributed by atoms with Gasteiger partial charge in [0.05, 0.1) is 0 Å². The summed E-state index contributed by atoms with van der Waals surface area (Å²) in [5.74, 6) is 1.59. The third-order valence-corrected chi connectivity index (χ3v) is 4.26. The predicted octanol–water partition coefficient (Wildman–Crippen LogP) is 3.22. The van der Waals surface area contributed by atoms with Crippen molar-refractivity contribution in [2.24, 2.45) is 0 Å². The molecule has 21 heavy (non-hydrogen) atoms. The number of fused-ring (bicyclic) bond motifs is 1. The third kappa shape index (κ3) is 2.89. The molecule has 0 bridgehead atoms. The molecule has 0 radical (unpaired) electrons. The van der Waals surface area contributed by atoms with E-state index >= 15 is 0 Å². The highest BCUT2D eigenvalue weighted by atomic mass is 16.7. The van der Waals surface area contributed by atoms with Gasteiger partial charge in [-0.15, -0.1) is 0 Å². The van der Waals surface area contributed by atoms with Gasteiger partial charge < -0.3 is 14.4 Å². The zero-order valence-corrected chi connectivity index (χ0v) is 12.5. The molecule has 1 aromatic rings. The number of hydrogen-bond donors (Lipinski definition) is 0. The minimum atomic E-state index is 0.0902. The van der Waals surface area contributed by atoms with Gasteiger partial charge in [0.15, 0.2) is 11.5 Å². The second kappa shape index (κ2) is 5.80. The largest absolute Gasteiger partial charge is 0.454 e. The van der Waals surface area contributed by atoms with Crippen LogP contribution in [0.4, 0.5) is 0 Å². The van der Waals surface area contributed by atoms with Crippen LogP contribution in [-0.2, 0) is 4.79 Å². The van der Waals surface area contributed by atoms with Crippen LogP contribution in [0.3, 0.4) is 0 Å². The summed E-state index contributed by atoms with van der Waals surface area (Å²) in [6, 6.07) is 6.35. The molecule has 0 saturated carbocycles. The first-order chi connectivity index (χ1) is 10.1. The second-order valence-electron chi connectivity index (χ2n) is 5.82. The van der Waals surface area contributed by atoms with Gasteiger partial charge in [-0.3, -0.25) is 4.79 Å². The van der Waals surface area contributed by atoms with E-state index in [-0.39, 0.29) is 12.7 Å². The molecule has 4 heteroatoms. The van der Waals surface area contributed by atoms with Crippen molar-refractivity contribution in [2.45, 2.75) is 45.2 Å². The molecule has 1 saturated heterocycles. The van der Waals surface area contributed by atoms with Crippen LogP contribution >= 0.6 is 0 Å². The number of nitrogens with zero attached hydrogens (tertiary/aromatic N) is 1. The van der Waals surface area contributed by atoms with Gasteiger partial charge in [0.25, 0.3) is 0 Å². The van der Waals surface area contributed by atoms with Crippen LogP contribution in [0, 0.1) is 0 Å². The van der Waals surface area contributed by atoms with Crippen LogP contribution in [0.1, 0.15) is 38.7 Å². The summed E-state index contributed by atoms with van der Waals surface area (Å²) < 4.78 is 10.6. The third-order valence-electron chi connectivity index (χ3n) is 4.26. The van der Waals surface area contributed by atoms with Crippen molar-refractivity contribution in [1.82, 2.24) is 4.90 Å². The van der Waals surface area contributed by atoms with E-state index in [2.05, 4.69) is 13.8 Å². The highest BCUT2D eigenvalue weighted by Crippen LogP contribution is 2.32. The summed E-state index contributed by atoms with van der Waals surface area (Å²) in [6.07, 6.45) is 6.90. The fraction of sp³-hybridized carbons (Fsp3) is 0.471. The summed E-state index contributed by atoms with van der Waals surface area (Å²) in [7, 11) is 0. The smallest absolute Gasteiger partial charge is 0.247 e. The molecule has 0 N–H and O–H groups in total. The highest BCUT2D eigenvalue weighted by Gasteiger charge is 2.27. The first kappa shape index (κ1) is 14.0. The number of carbonyl (C=O) groups is 1. The van der Waals surface area contributed by atoms with Gasteiger partial charge in [-0.2, -0.15) is 0 Å². The zero-order chi connectivity index (χ0) is 14.8. The zero-order valence-electron chi connectivity index (χ0n) is 12.5. The second-order valence-corrected chi connectivity index (χ2v) is 5.82. The van der Waals surface area contributed by atoms with E-state index < -0.39 is 0 Å². The molecule has 0 aliphatic carbocycles. The van der Waals surface area contributed by atoms with E-state index in [1.165, 1.54) is 6.42 Å². The van der Waals surface area contributed by atoms with Gasteiger partial charge in [-0.05, 0) is 56.9 Å². The maximum atomic E-state index is 12.4. The molecule has 0 aromatic heterocycles. The van der Waals surface area contributed by atoms with Crippen molar-refractivity contribution in [1.29, 1.82) is 0 Å². The van der Waals surface area contributed by atoms with E-state index in [4.69, 9.17) is 9.47 Å². The molecule has 4 nitrogen and oxygen atoms in total. The molecule has 1 fully saturated rings. The SMILES string of the molecule is CC1CCCC(C)N1C(=O)C=Cc1ccc2c(c1)OCO2. The summed E-state index contributed by atoms with van der Waals surface area (Å²) in [4.78, 5) is 14.4. The highest BCUT2D eigenvalue weighted by molar-refractivity contribution is 5.92. The number of amides is 1. The summed E-state index contributed by atoms with van der Waals surface area (Å²) in [5.41, 5.74) is 0.949. The van der Waals surface area contributed by atoms with E-state index in [0.717, 1.165) is 29.9 Å². The van der Waals surface area contributed by atoms with Crippen LogP contribution in [0.5, 0.6) is 11.5 Å². The molecule has 2 atom stereocenters. The van der Waals surface area contributed by atoms with Gasteiger partial charge >= 0.3 is 0 Å². The van der Waals surface area contributed by atoms with Gasteiger partial charge in [0.2, 0.25) is 12.7 Å². The lowest BCUT2D eigenvalue weighted by molar-refractivity contribution is -0.131. The molecule has 2 aliphatic rings. The van der Waals surface area contributed by atoms with Crippen molar-refractivity contribution in [3.05, 3.63) is 29.8 Å². The van der Waals surface area contributed by atoms with E-state index in [1.807, 2.05) is 29.2 Å². The minimum Gasteiger partial charge on any atom is -0.454 e. The van der Waals surface area contributed by atoms with Gasteiger partial charge in [-0.1, -0.05) is 6.07 Å². The maximum Gasteiger partial charge on any atom is 0.247 e. The maximum absolute atomic E-state index is 12.4. The topological polar surface area (TPSA) is 38.8 Å². The van der Waals surface area contributed by atoms with Crippen LogP contribution in [-0.4, -0.2) is 29.7 Å². The van der Waals surface area contributed by atoms with Crippen molar-refractivity contribution in [2.75, 3.05) is 6.79 Å². The van der Waals surface area contributed by atoms with Crippen molar-refractivity contribution < 1.29 is 14.3 Å². The van der Waals surface area contributed by atoms with Crippen LogP contribution in [0.2, 0.25) is 0 Å². The number of ether oxygens (including phenoxy) is 2. The lowest BCUT2D eigenvalue weighted by Crippen LogP contribution is -2.46. The van der Waals surface area contributed by atoms with Crippen molar-refractivity contribution in [3.8, 4) is 11.5 Å². The average molecular weight is 287 g/mol. The lowest BCUT2D eigenvalue weighted by Gasteiger charge is -2.38. The summed E-state index contributed by atoms with van der Waals surface area (Å²) in [5, 5.41) is 0. The van der Waals surface area contributed by atoms with E-state index in [0.29, 0.717) is 12.1 Å². The number of carbonyl (C=O) groups excluding carboxylic acids is 1. The Morgan fingerprint density at radius 1 is 1.19 bits per heavy atom. The van der Waals surface area contributed by atoms with Gasteiger partial charge in [-0.25, -0.2) is 0 Å². The summed E-state index contributed by atoms with van der Waals surface area (Å²) >= 11 is 0. The molecule has 1 aromatic carbocycles. The van der Waals surface area contributed by atoms with Crippen molar-refractivity contribution in [3.63, 3.8) is 0 Å². The van der Waals surface area contributed by atoms with Gasteiger partial charge in [0.1, 0.15) is 0 Å². The van der Waals surface area contributed by atoms with Gasteiger partial charge in [0, 0.05) is 18.2 Å². The average Bonchev–Trinajstić information content (AvgIpc) is 2.92. The van der Waals surface area contributed by atoms with Crippen LogP contribution < -0.4 is 9.47 Å². The van der Waals surface area contributed by atoms with Crippen LogP contribution in [0.15, 0.2) is 24.3 Å². The molecule has 1 amide bonds. The first-order valence-electron chi connectivity index (χ1n) is 7.55. The number of hydrogen-bond acceptors (Lipinski definition) is 3. The summed E-state index contributed by atoms with van der Waals surface area (Å²) in [6.45, 7) is 4.52. The first-order valence-corrected chi connectivity index (χ1v) is 7.55. The number of rotatable bonds is 2. The Morgan fingerprint density at radius 2 is 1.90 bits per heavy atom. The normalized spacial score (nSPS) is 24.6. The number of likely N-dealkylation sites (tertiary alicyclic amines) is 1. The predicted molar refractivity (Wildman–Crippen MR) is 81.2 cm³/mol.